The molecular formula is C17H24N2O2. The molecule has 0 amide bonds. The number of nitrogens with zero attached hydrogens (tertiary/aromatic N) is 2. The molecule has 4 heteroatoms. The zero-order valence-corrected chi connectivity index (χ0v) is 13.0. The molecule has 0 radical (unpaired) electrons. The molecule has 1 aliphatic heterocycles. The molecule has 2 heterocycles. The van der Waals surface area contributed by atoms with Crippen LogP contribution in [0.2, 0.25) is 0 Å². The van der Waals surface area contributed by atoms with Gasteiger partial charge in [-0.05, 0) is 44.4 Å². The Balaban J connectivity index is 1.91. The van der Waals surface area contributed by atoms with Crippen LogP contribution in [0.25, 0.3) is 0 Å². The van der Waals surface area contributed by atoms with Crippen LogP contribution in [0.5, 0.6) is 0 Å². The van der Waals surface area contributed by atoms with Crippen molar-refractivity contribution in [3.63, 3.8) is 0 Å². The summed E-state index contributed by atoms with van der Waals surface area (Å²) in [7, 11) is 0. The highest BCUT2D eigenvalue weighted by atomic mass is 16.5. The van der Waals surface area contributed by atoms with Gasteiger partial charge in [0.25, 0.3) is 0 Å². The summed E-state index contributed by atoms with van der Waals surface area (Å²) in [5, 5.41) is 0. The fourth-order valence-corrected chi connectivity index (χ4v) is 3.09. The van der Waals surface area contributed by atoms with Crippen molar-refractivity contribution in [2.45, 2.75) is 52.0 Å². The topological polar surface area (TPSA) is 42.4 Å². The molecule has 21 heavy (non-hydrogen) atoms. The van der Waals surface area contributed by atoms with Gasteiger partial charge in [-0.2, -0.15) is 0 Å². The van der Waals surface area contributed by atoms with Crippen LogP contribution in [0.15, 0.2) is 6.07 Å². The van der Waals surface area contributed by atoms with Gasteiger partial charge in [-0.15, -0.1) is 0 Å². The van der Waals surface area contributed by atoms with Crippen LogP contribution < -0.4 is 0 Å². The molecule has 1 saturated carbocycles. The summed E-state index contributed by atoms with van der Waals surface area (Å²) < 4.78 is 5.22. The van der Waals surface area contributed by atoms with E-state index in [-0.39, 0.29) is 5.97 Å². The van der Waals surface area contributed by atoms with Crippen molar-refractivity contribution in [1.82, 2.24) is 9.88 Å². The Morgan fingerprint density at radius 2 is 2.24 bits per heavy atom. The van der Waals surface area contributed by atoms with E-state index in [4.69, 9.17) is 9.72 Å². The molecule has 0 unspecified atom stereocenters. The molecular weight excluding hydrogens is 264 g/mol. The first-order valence-corrected chi connectivity index (χ1v) is 8.15. The number of rotatable bonds is 5. The number of hydrogen-bond acceptors (Lipinski definition) is 4. The molecule has 1 aromatic heterocycles. The standard InChI is InChI=1S/C17H24N2O2/c1-3-8-19-9-7-15-13(11-19)10-14(17(20)21-4-2)16(18-15)12-5-6-12/h10,12H,3-9,11H2,1-2H3. The van der Waals surface area contributed by atoms with Crippen molar-refractivity contribution in [2.75, 3.05) is 19.7 Å². The highest BCUT2D eigenvalue weighted by Gasteiger charge is 2.32. The van der Waals surface area contributed by atoms with Crippen molar-refractivity contribution in [3.05, 3.63) is 28.6 Å². The van der Waals surface area contributed by atoms with Gasteiger partial charge in [-0.1, -0.05) is 6.92 Å². The Bertz CT molecular complexity index is 538. The third kappa shape index (κ3) is 3.10. The fourth-order valence-electron chi connectivity index (χ4n) is 3.09. The maximum atomic E-state index is 12.2. The fraction of sp³-hybridized carbons (Fsp3) is 0.647. The lowest BCUT2D eigenvalue weighted by atomic mass is 10.00. The number of ether oxygens (including phenoxy) is 1. The van der Waals surface area contributed by atoms with E-state index in [0.29, 0.717) is 18.1 Å². The van der Waals surface area contributed by atoms with E-state index >= 15 is 0 Å². The zero-order valence-electron chi connectivity index (χ0n) is 13.0. The van der Waals surface area contributed by atoms with Gasteiger partial charge in [-0.25, -0.2) is 4.79 Å². The second-order valence-electron chi connectivity index (χ2n) is 6.05. The molecule has 0 atom stereocenters. The molecule has 0 bridgehead atoms. The average molecular weight is 288 g/mol. The summed E-state index contributed by atoms with van der Waals surface area (Å²) in [6.07, 6.45) is 4.46. The Hall–Kier alpha value is -1.42. The van der Waals surface area contributed by atoms with E-state index in [0.717, 1.165) is 51.0 Å². The van der Waals surface area contributed by atoms with E-state index in [1.807, 2.05) is 6.92 Å². The summed E-state index contributed by atoms with van der Waals surface area (Å²) in [5.41, 5.74) is 4.09. The number of esters is 1. The van der Waals surface area contributed by atoms with Gasteiger partial charge in [0.05, 0.1) is 17.9 Å². The normalized spacial score (nSPS) is 18.4. The van der Waals surface area contributed by atoms with Crippen molar-refractivity contribution in [3.8, 4) is 0 Å². The van der Waals surface area contributed by atoms with E-state index in [2.05, 4.69) is 17.9 Å². The second-order valence-corrected chi connectivity index (χ2v) is 6.05. The highest BCUT2D eigenvalue weighted by molar-refractivity contribution is 5.91. The van der Waals surface area contributed by atoms with E-state index in [9.17, 15) is 4.79 Å². The van der Waals surface area contributed by atoms with Crippen LogP contribution in [0.1, 0.15) is 66.3 Å². The second kappa shape index (κ2) is 6.14. The summed E-state index contributed by atoms with van der Waals surface area (Å²) in [6.45, 7) is 7.57. The van der Waals surface area contributed by atoms with Gasteiger partial charge in [-0.3, -0.25) is 9.88 Å². The SMILES string of the molecule is CCCN1CCc2nc(C3CC3)c(C(=O)OCC)cc2C1. The zero-order chi connectivity index (χ0) is 14.8. The van der Waals surface area contributed by atoms with Gasteiger partial charge < -0.3 is 4.74 Å². The Morgan fingerprint density at radius 3 is 2.90 bits per heavy atom. The predicted molar refractivity (Wildman–Crippen MR) is 81.4 cm³/mol. The minimum absolute atomic E-state index is 0.206. The van der Waals surface area contributed by atoms with Crippen LogP contribution in [0, 0.1) is 0 Å². The van der Waals surface area contributed by atoms with Gasteiger partial charge in [0.1, 0.15) is 0 Å². The van der Waals surface area contributed by atoms with Crippen LogP contribution in [0.3, 0.4) is 0 Å². The van der Waals surface area contributed by atoms with Crippen molar-refractivity contribution in [1.29, 1.82) is 0 Å². The largest absolute Gasteiger partial charge is 0.462 e. The van der Waals surface area contributed by atoms with Crippen LogP contribution >= 0.6 is 0 Å². The van der Waals surface area contributed by atoms with Crippen molar-refractivity contribution < 1.29 is 9.53 Å². The summed E-state index contributed by atoms with van der Waals surface area (Å²) in [4.78, 5) is 19.5. The maximum absolute atomic E-state index is 12.2. The molecule has 0 spiro atoms. The molecule has 1 aliphatic carbocycles. The monoisotopic (exact) mass is 288 g/mol. The summed E-state index contributed by atoms with van der Waals surface area (Å²) in [6, 6.07) is 2.05. The minimum Gasteiger partial charge on any atom is -0.462 e. The van der Waals surface area contributed by atoms with E-state index < -0.39 is 0 Å². The highest BCUT2D eigenvalue weighted by Crippen LogP contribution is 2.41. The number of hydrogen-bond donors (Lipinski definition) is 0. The van der Waals surface area contributed by atoms with Gasteiger partial charge >= 0.3 is 5.97 Å². The molecule has 3 rings (SSSR count). The first kappa shape index (κ1) is 14.5. The smallest absolute Gasteiger partial charge is 0.340 e. The molecule has 2 aliphatic rings. The molecule has 114 valence electrons. The van der Waals surface area contributed by atoms with Crippen LogP contribution in [-0.4, -0.2) is 35.5 Å². The quantitative estimate of drug-likeness (QED) is 0.781. The van der Waals surface area contributed by atoms with Gasteiger partial charge in [0.2, 0.25) is 0 Å². The molecule has 0 saturated heterocycles. The molecule has 0 N–H and O–H groups in total. The van der Waals surface area contributed by atoms with E-state index in [1.54, 1.807) is 0 Å². The number of aromatic nitrogens is 1. The maximum Gasteiger partial charge on any atom is 0.340 e. The molecule has 4 nitrogen and oxygen atoms in total. The Labute approximate surface area is 126 Å². The third-order valence-corrected chi connectivity index (χ3v) is 4.28. The summed E-state index contributed by atoms with van der Waals surface area (Å²) >= 11 is 0. The molecule has 1 aromatic rings. The molecule has 0 aromatic carbocycles. The summed E-state index contributed by atoms with van der Waals surface area (Å²) in [5.74, 6) is 0.269. The lowest BCUT2D eigenvalue weighted by Crippen LogP contribution is -2.32. The number of fused-ring (bicyclic) bond motifs is 1. The van der Waals surface area contributed by atoms with Crippen LogP contribution in [0.4, 0.5) is 0 Å². The van der Waals surface area contributed by atoms with Crippen molar-refractivity contribution in [2.24, 2.45) is 0 Å². The van der Waals surface area contributed by atoms with Crippen LogP contribution in [-0.2, 0) is 17.7 Å². The first-order valence-electron chi connectivity index (χ1n) is 8.15. The Kier molecular flexibility index (Phi) is 4.24. The van der Waals surface area contributed by atoms with Crippen molar-refractivity contribution >= 4 is 5.97 Å². The average Bonchev–Trinajstić information content (AvgIpc) is 3.31. The Morgan fingerprint density at radius 1 is 1.43 bits per heavy atom. The predicted octanol–water partition coefficient (Wildman–Crippen LogP) is 2.90. The van der Waals surface area contributed by atoms with E-state index in [1.165, 1.54) is 11.3 Å². The van der Waals surface area contributed by atoms with Gasteiger partial charge in [0.15, 0.2) is 0 Å². The van der Waals surface area contributed by atoms with Gasteiger partial charge in [0, 0.05) is 31.1 Å². The number of pyridine rings is 1. The lowest BCUT2D eigenvalue weighted by Gasteiger charge is -2.28. The number of carbonyl (C=O) groups is 1. The number of carbonyl (C=O) groups excluding carboxylic acids is 1. The minimum atomic E-state index is -0.206. The first-order chi connectivity index (χ1) is 10.2. The third-order valence-electron chi connectivity index (χ3n) is 4.28. The molecule has 1 fully saturated rings. The lowest BCUT2D eigenvalue weighted by molar-refractivity contribution is 0.0524.